The molecule has 1 rings (SSSR count). The van der Waals surface area contributed by atoms with E-state index in [1.807, 2.05) is 0 Å². The molecular weight excluding hydrogens is 190 g/mol. The van der Waals surface area contributed by atoms with Gasteiger partial charge in [-0.1, -0.05) is 13.3 Å². The van der Waals surface area contributed by atoms with Crippen molar-refractivity contribution in [3.63, 3.8) is 0 Å². The van der Waals surface area contributed by atoms with Crippen molar-refractivity contribution in [2.75, 3.05) is 33.5 Å². The van der Waals surface area contributed by atoms with E-state index in [4.69, 9.17) is 9.47 Å². The highest BCUT2D eigenvalue weighted by molar-refractivity contribution is 4.81. The van der Waals surface area contributed by atoms with Crippen LogP contribution in [0.3, 0.4) is 0 Å². The summed E-state index contributed by atoms with van der Waals surface area (Å²) >= 11 is 0. The molecule has 0 spiro atoms. The van der Waals surface area contributed by atoms with Gasteiger partial charge in [0.2, 0.25) is 0 Å². The Morgan fingerprint density at radius 2 is 2.07 bits per heavy atom. The molecule has 0 aliphatic heterocycles. The van der Waals surface area contributed by atoms with E-state index in [-0.39, 0.29) is 0 Å². The van der Waals surface area contributed by atoms with Crippen molar-refractivity contribution in [2.24, 2.45) is 5.92 Å². The summed E-state index contributed by atoms with van der Waals surface area (Å²) in [5.74, 6) is 0.771. The number of nitrogens with one attached hydrogen (secondary N) is 1. The Bertz CT molecular complexity index is 149. The largest absolute Gasteiger partial charge is 0.382 e. The number of ether oxygens (including phenoxy) is 2. The van der Waals surface area contributed by atoms with Crippen LogP contribution in [0.1, 0.15) is 32.6 Å². The Morgan fingerprint density at radius 1 is 1.27 bits per heavy atom. The molecule has 3 nitrogen and oxygen atoms in total. The summed E-state index contributed by atoms with van der Waals surface area (Å²) in [6, 6.07) is 0.827. The average Bonchev–Trinajstić information content (AvgIpc) is 3.06. The molecule has 90 valence electrons. The fraction of sp³-hybridized carbons (Fsp3) is 1.00. The van der Waals surface area contributed by atoms with Crippen LogP contribution in [-0.4, -0.2) is 39.5 Å². The number of hydrogen-bond donors (Lipinski definition) is 1. The first-order chi connectivity index (χ1) is 7.36. The summed E-state index contributed by atoms with van der Waals surface area (Å²) in [6.45, 7) is 5.72. The molecule has 0 aromatic carbocycles. The molecule has 1 unspecified atom stereocenters. The quantitative estimate of drug-likeness (QED) is 0.564. The monoisotopic (exact) mass is 215 g/mol. The van der Waals surface area contributed by atoms with Gasteiger partial charge in [-0.2, -0.15) is 0 Å². The van der Waals surface area contributed by atoms with E-state index in [9.17, 15) is 0 Å². The zero-order valence-corrected chi connectivity index (χ0v) is 10.1. The molecule has 0 bridgehead atoms. The van der Waals surface area contributed by atoms with E-state index in [2.05, 4.69) is 12.2 Å². The third kappa shape index (κ3) is 6.88. The van der Waals surface area contributed by atoms with Gasteiger partial charge in [-0.15, -0.1) is 0 Å². The van der Waals surface area contributed by atoms with Gasteiger partial charge in [-0.05, 0) is 31.7 Å². The Hall–Kier alpha value is -0.120. The van der Waals surface area contributed by atoms with Gasteiger partial charge in [0.15, 0.2) is 0 Å². The predicted molar refractivity (Wildman–Crippen MR) is 62.1 cm³/mol. The van der Waals surface area contributed by atoms with Crippen molar-refractivity contribution in [1.29, 1.82) is 0 Å². The second-order valence-electron chi connectivity index (χ2n) is 4.35. The lowest BCUT2D eigenvalue weighted by Crippen LogP contribution is -2.25. The molecule has 15 heavy (non-hydrogen) atoms. The zero-order valence-electron chi connectivity index (χ0n) is 10.1. The highest BCUT2D eigenvalue weighted by Gasteiger charge is 2.21. The van der Waals surface area contributed by atoms with E-state index in [1.54, 1.807) is 7.11 Å². The summed E-state index contributed by atoms with van der Waals surface area (Å²) < 4.78 is 10.4. The molecule has 0 aromatic heterocycles. The maximum atomic E-state index is 5.48. The van der Waals surface area contributed by atoms with Crippen LogP contribution < -0.4 is 5.32 Å². The van der Waals surface area contributed by atoms with E-state index in [0.29, 0.717) is 6.61 Å². The topological polar surface area (TPSA) is 30.5 Å². The van der Waals surface area contributed by atoms with Crippen molar-refractivity contribution in [3.8, 4) is 0 Å². The van der Waals surface area contributed by atoms with E-state index in [1.165, 1.54) is 25.7 Å². The van der Waals surface area contributed by atoms with E-state index < -0.39 is 0 Å². The van der Waals surface area contributed by atoms with Crippen LogP contribution in [-0.2, 0) is 9.47 Å². The third-order valence-corrected chi connectivity index (χ3v) is 2.95. The molecule has 0 radical (unpaired) electrons. The first kappa shape index (κ1) is 12.9. The van der Waals surface area contributed by atoms with E-state index >= 15 is 0 Å². The van der Waals surface area contributed by atoms with Crippen LogP contribution in [0, 0.1) is 5.92 Å². The van der Waals surface area contributed by atoms with Crippen molar-refractivity contribution < 1.29 is 9.47 Å². The Labute approximate surface area is 93.5 Å². The first-order valence-electron chi connectivity index (χ1n) is 6.16. The van der Waals surface area contributed by atoms with Gasteiger partial charge in [0.25, 0.3) is 0 Å². The van der Waals surface area contributed by atoms with Crippen LogP contribution in [0.15, 0.2) is 0 Å². The summed E-state index contributed by atoms with van der Waals surface area (Å²) in [4.78, 5) is 0. The molecule has 1 N–H and O–H groups in total. The number of rotatable bonds is 10. The first-order valence-corrected chi connectivity index (χ1v) is 6.16. The Morgan fingerprint density at radius 3 is 2.67 bits per heavy atom. The number of hydrogen-bond acceptors (Lipinski definition) is 3. The predicted octanol–water partition coefficient (Wildman–Crippen LogP) is 1.82. The highest BCUT2D eigenvalue weighted by atomic mass is 16.5. The molecule has 1 fully saturated rings. The molecule has 0 heterocycles. The van der Waals surface area contributed by atoms with Crippen molar-refractivity contribution in [2.45, 2.75) is 38.6 Å². The van der Waals surface area contributed by atoms with Gasteiger partial charge in [0, 0.05) is 19.8 Å². The summed E-state index contributed by atoms with van der Waals surface area (Å²) in [5.41, 5.74) is 0. The standard InChI is InChI=1S/C12H25NO2/c1-3-11(10-13-12-4-5-12)6-7-15-9-8-14-2/h11-13H,3-10H2,1-2H3. The SMILES string of the molecule is CCC(CCOCCOC)CNC1CC1. The smallest absolute Gasteiger partial charge is 0.0700 e. The Kier molecular flexibility index (Phi) is 6.98. The second-order valence-corrected chi connectivity index (χ2v) is 4.35. The fourth-order valence-electron chi connectivity index (χ4n) is 1.57. The van der Waals surface area contributed by atoms with Gasteiger partial charge in [0.05, 0.1) is 13.2 Å². The van der Waals surface area contributed by atoms with Crippen LogP contribution in [0.2, 0.25) is 0 Å². The summed E-state index contributed by atoms with van der Waals surface area (Å²) in [6.07, 6.45) is 5.16. The molecular formula is C12H25NO2. The van der Waals surface area contributed by atoms with Crippen molar-refractivity contribution in [1.82, 2.24) is 5.32 Å². The van der Waals surface area contributed by atoms with Crippen LogP contribution >= 0.6 is 0 Å². The van der Waals surface area contributed by atoms with Crippen LogP contribution in [0.4, 0.5) is 0 Å². The average molecular weight is 215 g/mol. The highest BCUT2D eigenvalue weighted by Crippen LogP contribution is 2.19. The van der Waals surface area contributed by atoms with Gasteiger partial charge in [-0.3, -0.25) is 0 Å². The summed E-state index contributed by atoms with van der Waals surface area (Å²) in [5, 5.41) is 3.58. The van der Waals surface area contributed by atoms with Gasteiger partial charge in [0.1, 0.15) is 0 Å². The molecule has 0 amide bonds. The Balaban J connectivity index is 1.90. The lowest BCUT2D eigenvalue weighted by molar-refractivity contribution is 0.0633. The third-order valence-electron chi connectivity index (χ3n) is 2.95. The van der Waals surface area contributed by atoms with Gasteiger partial charge >= 0.3 is 0 Å². The lowest BCUT2D eigenvalue weighted by Gasteiger charge is -2.15. The van der Waals surface area contributed by atoms with Crippen molar-refractivity contribution >= 4 is 0 Å². The van der Waals surface area contributed by atoms with Crippen molar-refractivity contribution in [3.05, 3.63) is 0 Å². The maximum absolute atomic E-state index is 5.48. The molecule has 3 heteroatoms. The van der Waals surface area contributed by atoms with Gasteiger partial charge < -0.3 is 14.8 Å². The number of methoxy groups -OCH3 is 1. The minimum absolute atomic E-state index is 0.705. The van der Waals surface area contributed by atoms with Crippen LogP contribution in [0.5, 0.6) is 0 Å². The molecule has 1 saturated carbocycles. The molecule has 1 aliphatic rings. The molecule has 0 saturated heterocycles. The molecule has 1 atom stereocenters. The molecule has 1 aliphatic carbocycles. The van der Waals surface area contributed by atoms with Crippen LogP contribution in [0.25, 0.3) is 0 Å². The zero-order chi connectivity index (χ0) is 10.9. The van der Waals surface area contributed by atoms with E-state index in [0.717, 1.165) is 31.7 Å². The maximum Gasteiger partial charge on any atom is 0.0700 e. The minimum atomic E-state index is 0.705. The normalized spacial score (nSPS) is 18.0. The summed E-state index contributed by atoms with van der Waals surface area (Å²) in [7, 11) is 1.71. The fourth-order valence-corrected chi connectivity index (χ4v) is 1.57. The lowest BCUT2D eigenvalue weighted by atomic mass is 10.0. The molecule has 0 aromatic rings. The van der Waals surface area contributed by atoms with Gasteiger partial charge in [-0.25, -0.2) is 0 Å². The second kappa shape index (κ2) is 8.08. The minimum Gasteiger partial charge on any atom is -0.382 e.